The third-order valence-corrected chi connectivity index (χ3v) is 3.52. The Balaban J connectivity index is 2.27. The van der Waals surface area contributed by atoms with E-state index in [0.717, 1.165) is 12.3 Å². The van der Waals surface area contributed by atoms with E-state index in [0.29, 0.717) is 6.04 Å². The van der Waals surface area contributed by atoms with Crippen LogP contribution in [0, 0.1) is 0 Å². The molecule has 2 aromatic rings. The molecule has 1 N–H and O–H groups in total. The molecular weight excluding hydrogens is 242 g/mol. The zero-order valence-corrected chi connectivity index (χ0v) is 11.9. The highest BCUT2D eigenvalue weighted by Gasteiger charge is 2.06. The molecule has 0 amide bonds. The lowest BCUT2D eigenvalue weighted by molar-refractivity contribution is 0.406. The third-order valence-electron chi connectivity index (χ3n) is 2.84. The number of hydrogen-bond donors (Lipinski definition) is 1. The highest BCUT2D eigenvalue weighted by molar-refractivity contribution is 7.08. The summed E-state index contributed by atoms with van der Waals surface area (Å²) in [6.07, 6.45) is 0. The van der Waals surface area contributed by atoms with E-state index in [1.165, 1.54) is 16.7 Å². The number of rotatable bonds is 5. The van der Waals surface area contributed by atoms with Gasteiger partial charge in [0.05, 0.1) is 7.11 Å². The standard InChI is InChI=1S/C15H19NOS/c1-11(2)16-9-14-8-12(4-5-15(14)17-3)13-6-7-18-10-13/h4-8,10-11,16H,9H2,1-3H3. The molecule has 1 aromatic carbocycles. The number of benzene rings is 1. The van der Waals surface area contributed by atoms with Crippen LogP contribution in [0.15, 0.2) is 35.0 Å². The van der Waals surface area contributed by atoms with Crippen molar-refractivity contribution in [2.24, 2.45) is 0 Å². The van der Waals surface area contributed by atoms with Crippen molar-refractivity contribution in [2.45, 2.75) is 26.4 Å². The molecule has 0 saturated heterocycles. The van der Waals surface area contributed by atoms with E-state index >= 15 is 0 Å². The predicted molar refractivity (Wildman–Crippen MR) is 78.3 cm³/mol. The molecule has 96 valence electrons. The maximum Gasteiger partial charge on any atom is 0.123 e. The zero-order valence-electron chi connectivity index (χ0n) is 11.1. The van der Waals surface area contributed by atoms with Crippen molar-refractivity contribution in [3.8, 4) is 16.9 Å². The largest absolute Gasteiger partial charge is 0.496 e. The van der Waals surface area contributed by atoms with Gasteiger partial charge in [-0.3, -0.25) is 0 Å². The maximum atomic E-state index is 5.41. The smallest absolute Gasteiger partial charge is 0.123 e. The Morgan fingerprint density at radius 3 is 2.67 bits per heavy atom. The van der Waals surface area contributed by atoms with Gasteiger partial charge in [-0.1, -0.05) is 19.9 Å². The van der Waals surface area contributed by atoms with Crippen molar-refractivity contribution in [1.82, 2.24) is 5.32 Å². The molecule has 0 spiro atoms. The van der Waals surface area contributed by atoms with Crippen molar-refractivity contribution in [3.05, 3.63) is 40.6 Å². The Morgan fingerprint density at radius 2 is 2.06 bits per heavy atom. The quantitative estimate of drug-likeness (QED) is 0.880. The number of thiophene rings is 1. The Labute approximate surface area is 113 Å². The van der Waals surface area contributed by atoms with Gasteiger partial charge in [0, 0.05) is 18.2 Å². The molecule has 2 nitrogen and oxygen atoms in total. The van der Waals surface area contributed by atoms with Crippen LogP contribution >= 0.6 is 11.3 Å². The van der Waals surface area contributed by atoms with E-state index in [9.17, 15) is 0 Å². The van der Waals surface area contributed by atoms with Crippen LogP contribution in [0.1, 0.15) is 19.4 Å². The number of nitrogens with one attached hydrogen (secondary N) is 1. The summed E-state index contributed by atoms with van der Waals surface area (Å²) >= 11 is 1.72. The van der Waals surface area contributed by atoms with Gasteiger partial charge >= 0.3 is 0 Å². The summed E-state index contributed by atoms with van der Waals surface area (Å²) in [5.74, 6) is 0.946. The maximum absolute atomic E-state index is 5.41. The first kappa shape index (κ1) is 13.1. The average molecular weight is 261 g/mol. The van der Waals surface area contributed by atoms with E-state index in [1.54, 1.807) is 18.4 Å². The van der Waals surface area contributed by atoms with Crippen LogP contribution in [0.4, 0.5) is 0 Å². The normalized spacial score (nSPS) is 10.9. The Bertz CT molecular complexity index is 491. The average Bonchev–Trinajstić information content (AvgIpc) is 2.89. The Kier molecular flexibility index (Phi) is 4.39. The molecule has 0 radical (unpaired) electrons. The zero-order chi connectivity index (χ0) is 13.0. The van der Waals surface area contributed by atoms with Gasteiger partial charge in [-0.25, -0.2) is 0 Å². The minimum Gasteiger partial charge on any atom is -0.496 e. The Hall–Kier alpha value is -1.32. The fourth-order valence-electron chi connectivity index (χ4n) is 1.84. The number of ether oxygens (including phenoxy) is 1. The van der Waals surface area contributed by atoms with Gasteiger partial charge in [0.2, 0.25) is 0 Å². The van der Waals surface area contributed by atoms with Crippen LogP contribution in [0.5, 0.6) is 5.75 Å². The van der Waals surface area contributed by atoms with Gasteiger partial charge in [0.15, 0.2) is 0 Å². The fraction of sp³-hybridized carbons (Fsp3) is 0.333. The molecule has 0 aliphatic heterocycles. The lowest BCUT2D eigenvalue weighted by atomic mass is 10.0. The number of hydrogen-bond acceptors (Lipinski definition) is 3. The van der Waals surface area contributed by atoms with Crippen LogP contribution in [0.2, 0.25) is 0 Å². The number of methoxy groups -OCH3 is 1. The van der Waals surface area contributed by atoms with Gasteiger partial charge in [-0.2, -0.15) is 11.3 Å². The van der Waals surface area contributed by atoms with Crippen molar-refractivity contribution in [3.63, 3.8) is 0 Å². The lowest BCUT2D eigenvalue weighted by Crippen LogP contribution is -2.22. The molecule has 0 unspecified atom stereocenters. The van der Waals surface area contributed by atoms with Crippen molar-refractivity contribution in [1.29, 1.82) is 0 Å². The summed E-state index contributed by atoms with van der Waals surface area (Å²) in [7, 11) is 1.72. The monoisotopic (exact) mass is 261 g/mol. The summed E-state index contributed by atoms with van der Waals surface area (Å²) in [5, 5.41) is 7.70. The molecule has 0 saturated carbocycles. The summed E-state index contributed by atoms with van der Waals surface area (Å²) in [4.78, 5) is 0. The Morgan fingerprint density at radius 1 is 1.22 bits per heavy atom. The molecule has 0 atom stereocenters. The van der Waals surface area contributed by atoms with Gasteiger partial charge in [-0.15, -0.1) is 0 Å². The van der Waals surface area contributed by atoms with Gasteiger partial charge in [0.25, 0.3) is 0 Å². The third kappa shape index (κ3) is 3.12. The van der Waals surface area contributed by atoms with E-state index < -0.39 is 0 Å². The van der Waals surface area contributed by atoms with Gasteiger partial charge in [-0.05, 0) is 40.1 Å². The minimum absolute atomic E-state index is 0.472. The fourth-order valence-corrected chi connectivity index (χ4v) is 2.50. The molecule has 1 aromatic heterocycles. The van der Waals surface area contributed by atoms with E-state index in [-0.39, 0.29) is 0 Å². The topological polar surface area (TPSA) is 21.3 Å². The van der Waals surface area contributed by atoms with E-state index in [2.05, 4.69) is 48.1 Å². The van der Waals surface area contributed by atoms with Crippen LogP contribution in [-0.4, -0.2) is 13.2 Å². The molecule has 1 heterocycles. The highest BCUT2D eigenvalue weighted by atomic mass is 32.1. The SMILES string of the molecule is COc1ccc(-c2ccsc2)cc1CNC(C)C. The molecule has 2 rings (SSSR count). The van der Waals surface area contributed by atoms with Crippen molar-refractivity contribution in [2.75, 3.05) is 7.11 Å². The summed E-state index contributed by atoms with van der Waals surface area (Å²) in [6.45, 7) is 5.13. The molecule has 0 aliphatic rings. The second-order valence-corrected chi connectivity index (χ2v) is 5.35. The first-order chi connectivity index (χ1) is 8.70. The van der Waals surface area contributed by atoms with E-state index in [4.69, 9.17) is 4.74 Å². The molecule has 0 bridgehead atoms. The molecule has 0 fully saturated rings. The minimum atomic E-state index is 0.472. The summed E-state index contributed by atoms with van der Waals surface area (Å²) in [6, 6.07) is 8.98. The van der Waals surface area contributed by atoms with Crippen LogP contribution in [0.3, 0.4) is 0 Å². The lowest BCUT2D eigenvalue weighted by Gasteiger charge is -2.13. The van der Waals surface area contributed by atoms with Gasteiger partial charge in [0.1, 0.15) is 5.75 Å². The molecule has 0 aliphatic carbocycles. The second-order valence-electron chi connectivity index (χ2n) is 4.57. The second kappa shape index (κ2) is 6.03. The van der Waals surface area contributed by atoms with E-state index in [1.807, 2.05) is 6.07 Å². The summed E-state index contributed by atoms with van der Waals surface area (Å²) in [5.41, 5.74) is 3.72. The van der Waals surface area contributed by atoms with Crippen LogP contribution in [-0.2, 0) is 6.54 Å². The first-order valence-corrected chi connectivity index (χ1v) is 7.08. The van der Waals surface area contributed by atoms with Gasteiger partial charge < -0.3 is 10.1 Å². The van der Waals surface area contributed by atoms with Crippen molar-refractivity contribution >= 4 is 11.3 Å². The van der Waals surface area contributed by atoms with Crippen LogP contribution < -0.4 is 10.1 Å². The molecule has 3 heteroatoms. The summed E-state index contributed by atoms with van der Waals surface area (Å²) < 4.78 is 5.41. The highest BCUT2D eigenvalue weighted by Crippen LogP contribution is 2.28. The first-order valence-electron chi connectivity index (χ1n) is 6.13. The van der Waals surface area contributed by atoms with Crippen molar-refractivity contribution < 1.29 is 4.74 Å². The predicted octanol–water partition coefficient (Wildman–Crippen LogP) is 3.92. The molecular formula is C15H19NOS. The van der Waals surface area contributed by atoms with Crippen LogP contribution in [0.25, 0.3) is 11.1 Å². The molecule has 18 heavy (non-hydrogen) atoms.